The van der Waals surface area contributed by atoms with E-state index in [4.69, 9.17) is 0 Å². The Labute approximate surface area is 74.4 Å². The average molecular weight is 219 g/mol. The maximum absolute atomic E-state index is 10.5. The van der Waals surface area contributed by atoms with Crippen LogP contribution < -0.4 is 4.72 Å². The predicted octanol–water partition coefficient (Wildman–Crippen LogP) is -0.125. The molecule has 6 heteroatoms. The first-order chi connectivity index (χ1) is 4.12. The van der Waals surface area contributed by atoms with Gasteiger partial charge in [-0.3, -0.25) is 4.18 Å². The fourth-order valence-corrected chi connectivity index (χ4v) is 1.12. The van der Waals surface area contributed by atoms with Gasteiger partial charge in [0, 0.05) is 26.0 Å². The molecule has 0 saturated carbocycles. The van der Waals surface area contributed by atoms with Gasteiger partial charge in [0.05, 0.1) is 6.61 Å². The predicted molar refractivity (Wildman–Crippen MR) is 34.2 cm³/mol. The molecule has 58 valence electrons. The molecule has 0 bridgehead atoms. The summed E-state index contributed by atoms with van der Waals surface area (Å²) in [7, 11) is -3.43. The van der Waals surface area contributed by atoms with Gasteiger partial charge in [-0.1, -0.05) is 6.92 Å². The first kappa shape index (κ1) is 13.1. The molecule has 0 heterocycles. The molecule has 0 radical (unpaired) electrons. The molecule has 4 nitrogen and oxygen atoms in total. The molecule has 0 aromatic carbocycles. The first-order valence-electron chi connectivity index (χ1n) is 2.76. The average Bonchev–Trinajstić information content (AvgIpc) is 1.64. The summed E-state index contributed by atoms with van der Waals surface area (Å²) < 4.78 is 27.5. The fraction of sp³-hybridized carbons (Fsp3) is 1.00. The van der Waals surface area contributed by atoms with Crippen molar-refractivity contribution in [3.63, 3.8) is 0 Å². The van der Waals surface area contributed by atoms with Crippen LogP contribution in [-0.4, -0.2) is 21.6 Å². The van der Waals surface area contributed by atoms with Crippen molar-refractivity contribution in [3.05, 3.63) is 0 Å². The maximum Gasteiger partial charge on any atom is 0.335 e. The van der Waals surface area contributed by atoms with Crippen LogP contribution in [0.3, 0.4) is 0 Å². The second kappa shape index (κ2) is 6.22. The van der Waals surface area contributed by atoms with Gasteiger partial charge in [-0.25, -0.2) is 0 Å². The minimum absolute atomic E-state index is 0. The van der Waals surface area contributed by atoms with E-state index in [0.717, 1.165) is 0 Å². The molecule has 0 aromatic heterocycles. The number of hydrogen-bond donors (Lipinski definition) is 1. The van der Waals surface area contributed by atoms with Crippen molar-refractivity contribution < 1.29 is 32.1 Å². The molecule has 0 fully saturated rings. The van der Waals surface area contributed by atoms with E-state index in [0.29, 0.717) is 6.54 Å². The second-order valence-electron chi connectivity index (χ2n) is 1.36. The van der Waals surface area contributed by atoms with E-state index < -0.39 is 10.3 Å². The van der Waals surface area contributed by atoms with E-state index in [9.17, 15) is 8.42 Å². The number of nitrogens with one attached hydrogen (secondary N) is 1. The summed E-state index contributed by atoms with van der Waals surface area (Å²) in [5, 5.41) is 0. The molecule has 0 aliphatic carbocycles. The largest absolute Gasteiger partial charge is 0.335 e. The molecule has 0 aliphatic heterocycles. The third-order valence-corrected chi connectivity index (χ3v) is 1.78. The molecule has 0 amide bonds. The van der Waals surface area contributed by atoms with Crippen LogP contribution in [0.15, 0.2) is 0 Å². The van der Waals surface area contributed by atoms with Crippen molar-refractivity contribution in [2.24, 2.45) is 0 Å². The van der Waals surface area contributed by atoms with Crippen LogP contribution in [0.2, 0.25) is 0 Å². The summed E-state index contributed by atoms with van der Waals surface area (Å²) in [5.74, 6) is 0. The maximum atomic E-state index is 10.5. The first-order valence-corrected chi connectivity index (χ1v) is 4.17. The van der Waals surface area contributed by atoms with Gasteiger partial charge in [-0.2, -0.15) is 13.1 Å². The number of hydrogen-bond acceptors (Lipinski definition) is 3. The van der Waals surface area contributed by atoms with E-state index in [1.54, 1.807) is 13.8 Å². The standard InChI is InChI=1S/C4H11NO3S.Zn/c1-3-5-9(6,7)8-4-2;/h5H,3-4H2,1-2H3;. The van der Waals surface area contributed by atoms with Crippen molar-refractivity contribution >= 4 is 10.3 Å². The van der Waals surface area contributed by atoms with E-state index in [2.05, 4.69) is 8.91 Å². The summed E-state index contributed by atoms with van der Waals surface area (Å²) >= 11 is 0. The molecule has 0 rings (SSSR count). The Hall–Kier alpha value is 0.493. The Morgan fingerprint density at radius 2 is 1.90 bits per heavy atom. The van der Waals surface area contributed by atoms with Crippen molar-refractivity contribution in [2.75, 3.05) is 13.2 Å². The van der Waals surface area contributed by atoms with Crippen LogP contribution in [0.4, 0.5) is 0 Å². The van der Waals surface area contributed by atoms with E-state index in [1.807, 2.05) is 0 Å². The van der Waals surface area contributed by atoms with Gasteiger partial charge in [0.25, 0.3) is 0 Å². The van der Waals surface area contributed by atoms with Crippen LogP contribution in [0.1, 0.15) is 13.8 Å². The minimum Gasteiger partial charge on any atom is -0.258 e. The monoisotopic (exact) mass is 217 g/mol. The Kier molecular flexibility index (Phi) is 8.15. The zero-order valence-electron chi connectivity index (χ0n) is 6.25. The Morgan fingerprint density at radius 3 is 2.20 bits per heavy atom. The van der Waals surface area contributed by atoms with Gasteiger partial charge in [0.15, 0.2) is 0 Å². The Morgan fingerprint density at radius 1 is 1.40 bits per heavy atom. The molecule has 0 aliphatic rings. The second-order valence-corrected chi connectivity index (χ2v) is 2.79. The molecule has 0 unspecified atom stereocenters. The Balaban J connectivity index is 0. The van der Waals surface area contributed by atoms with E-state index in [-0.39, 0.29) is 26.1 Å². The summed E-state index contributed by atoms with van der Waals surface area (Å²) in [6.45, 7) is 3.85. The quantitative estimate of drug-likeness (QED) is 0.669. The topological polar surface area (TPSA) is 55.4 Å². The number of rotatable bonds is 4. The third kappa shape index (κ3) is 6.61. The molecule has 10 heavy (non-hydrogen) atoms. The van der Waals surface area contributed by atoms with Crippen molar-refractivity contribution in [1.82, 2.24) is 4.72 Å². The van der Waals surface area contributed by atoms with Crippen molar-refractivity contribution in [1.29, 1.82) is 0 Å². The van der Waals surface area contributed by atoms with Gasteiger partial charge >= 0.3 is 10.3 Å². The van der Waals surface area contributed by atoms with Gasteiger partial charge in [-0.15, -0.1) is 0 Å². The summed E-state index contributed by atoms with van der Waals surface area (Å²) in [6.07, 6.45) is 0. The van der Waals surface area contributed by atoms with Gasteiger partial charge in [0.1, 0.15) is 0 Å². The molecular weight excluding hydrogens is 208 g/mol. The van der Waals surface area contributed by atoms with Crippen molar-refractivity contribution in [3.8, 4) is 0 Å². The zero-order valence-corrected chi connectivity index (χ0v) is 10.0. The van der Waals surface area contributed by atoms with Crippen LogP contribution in [0.25, 0.3) is 0 Å². The molecule has 1 N–H and O–H groups in total. The molecule has 0 aromatic rings. The van der Waals surface area contributed by atoms with E-state index >= 15 is 0 Å². The summed E-state index contributed by atoms with van der Waals surface area (Å²) in [6, 6.07) is 0. The van der Waals surface area contributed by atoms with Gasteiger partial charge in [-0.05, 0) is 6.92 Å². The summed E-state index contributed by atoms with van der Waals surface area (Å²) in [5.41, 5.74) is 0. The molecule has 0 spiro atoms. The van der Waals surface area contributed by atoms with Crippen LogP contribution in [0.5, 0.6) is 0 Å². The molecule has 0 atom stereocenters. The SMILES string of the molecule is CCNS(=O)(=O)OCC.[Zn]. The Bertz CT molecular complexity index is 144. The van der Waals surface area contributed by atoms with Crippen LogP contribution >= 0.6 is 0 Å². The van der Waals surface area contributed by atoms with Crippen LogP contribution in [-0.2, 0) is 34.0 Å². The third-order valence-electron chi connectivity index (χ3n) is 0.594. The smallest absolute Gasteiger partial charge is 0.258 e. The summed E-state index contributed by atoms with van der Waals surface area (Å²) in [4.78, 5) is 0. The van der Waals surface area contributed by atoms with Gasteiger partial charge < -0.3 is 0 Å². The van der Waals surface area contributed by atoms with Crippen LogP contribution in [0, 0.1) is 0 Å². The molecule has 0 saturated heterocycles. The normalized spacial score (nSPS) is 10.6. The zero-order chi connectivity index (χ0) is 7.33. The minimum atomic E-state index is -3.43. The van der Waals surface area contributed by atoms with E-state index in [1.165, 1.54) is 0 Å². The fourth-order valence-electron chi connectivity index (χ4n) is 0.374. The van der Waals surface area contributed by atoms with Gasteiger partial charge in [0.2, 0.25) is 0 Å². The van der Waals surface area contributed by atoms with Crippen molar-refractivity contribution in [2.45, 2.75) is 13.8 Å². The molecular formula is C4H11NO3SZn.